The fraction of sp³-hybridized carbons (Fsp3) is 0.111. The van der Waals surface area contributed by atoms with Crippen LogP contribution in [0, 0.1) is 0 Å². The second-order valence-electron chi connectivity index (χ2n) is 4.84. The lowest BCUT2D eigenvalue weighted by atomic mass is 10.2. The summed E-state index contributed by atoms with van der Waals surface area (Å²) in [4.78, 5) is 41.5. The van der Waals surface area contributed by atoms with Crippen LogP contribution in [0.15, 0.2) is 60.8 Å². The molecule has 1 heterocycles. The van der Waals surface area contributed by atoms with E-state index < -0.39 is 18.5 Å². The third-order valence-corrected chi connectivity index (χ3v) is 3.22. The van der Waals surface area contributed by atoms with Gasteiger partial charge in [-0.25, -0.2) is 9.78 Å². The SMILES string of the molecule is CN(C(=O)N(C[C]=O)C(=O)C=Cc1ccccc1)c1ccccn1. The van der Waals surface area contributed by atoms with Crippen molar-refractivity contribution < 1.29 is 14.4 Å². The van der Waals surface area contributed by atoms with Crippen molar-refractivity contribution in [3.63, 3.8) is 0 Å². The van der Waals surface area contributed by atoms with Crippen LogP contribution < -0.4 is 4.90 Å². The average Bonchev–Trinajstić information content (AvgIpc) is 2.64. The largest absolute Gasteiger partial charge is 0.332 e. The third-order valence-electron chi connectivity index (χ3n) is 3.22. The molecule has 0 spiro atoms. The summed E-state index contributed by atoms with van der Waals surface area (Å²) in [6, 6.07) is 13.6. The van der Waals surface area contributed by atoms with Gasteiger partial charge in [0.1, 0.15) is 5.82 Å². The molecule has 0 atom stereocenters. The molecule has 24 heavy (non-hydrogen) atoms. The van der Waals surface area contributed by atoms with Crippen molar-refractivity contribution in [3.05, 3.63) is 66.4 Å². The summed E-state index contributed by atoms with van der Waals surface area (Å²) >= 11 is 0. The number of aromatic nitrogens is 1. The van der Waals surface area contributed by atoms with Crippen LogP contribution in [0.4, 0.5) is 10.6 Å². The molecular formula is C18H16N3O3. The van der Waals surface area contributed by atoms with Crippen LogP contribution in [0.2, 0.25) is 0 Å². The third kappa shape index (κ3) is 4.36. The fourth-order valence-electron chi connectivity index (χ4n) is 1.96. The van der Waals surface area contributed by atoms with E-state index in [1.807, 2.05) is 30.3 Å². The van der Waals surface area contributed by atoms with E-state index in [1.54, 1.807) is 30.6 Å². The molecule has 1 aromatic heterocycles. The van der Waals surface area contributed by atoms with Crippen molar-refractivity contribution in [2.75, 3.05) is 18.5 Å². The molecular weight excluding hydrogens is 306 g/mol. The Morgan fingerprint density at radius 1 is 1.12 bits per heavy atom. The highest BCUT2D eigenvalue weighted by atomic mass is 16.2. The number of hydrogen-bond acceptors (Lipinski definition) is 4. The Hall–Kier alpha value is -3.28. The molecule has 6 heteroatoms. The van der Waals surface area contributed by atoms with Gasteiger partial charge < -0.3 is 0 Å². The second-order valence-corrected chi connectivity index (χ2v) is 4.84. The number of amides is 3. The highest BCUT2D eigenvalue weighted by molar-refractivity contribution is 6.08. The summed E-state index contributed by atoms with van der Waals surface area (Å²) in [5, 5.41) is 0. The van der Waals surface area contributed by atoms with Crippen LogP contribution in [0.5, 0.6) is 0 Å². The molecule has 0 bridgehead atoms. The number of pyridine rings is 1. The van der Waals surface area contributed by atoms with Gasteiger partial charge in [-0.15, -0.1) is 0 Å². The zero-order chi connectivity index (χ0) is 17.4. The minimum Gasteiger partial charge on any atom is -0.289 e. The minimum atomic E-state index is -0.653. The normalized spacial score (nSPS) is 10.4. The van der Waals surface area contributed by atoms with Crippen LogP contribution in [0.25, 0.3) is 6.08 Å². The molecule has 6 nitrogen and oxygen atoms in total. The first-order valence-electron chi connectivity index (χ1n) is 7.22. The van der Waals surface area contributed by atoms with Crippen molar-refractivity contribution in [1.29, 1.82) is 0 Å². The van der Waals surface area contributed by atoms with Gasteiger partial charge in [-0.05, 0) is 23.8 Å². The quantitative estimate of drug-likeness (QED) is 0.792. The molecule has 0 fully saturated rings. The van der Waals surface area contributed by atoms with Crippen LogP contribution in [0.3, 0.4) is 0 Å². The molecule has 0 aliphatic rings. The molecule has 0 N–H and O–H groups in total. The lowest BCUT2D eigenvalue weighted by Crippen LogP contribution is -2.45. The van der Waals surface area contributed by atoms with Crippen LogP contribution in [0.1, 0.15) is 5.56 Å². The van der Waals surface area contributed by atoms with Crippen molar-refractivity contribution >= 4 is 30.1 Å². The number of carbonyl (C=O) groups excluding carboxylic acids is 3. The highest BCUT2D eigenvalue weighted by Gasteiger charge is 2.24. The number of urea groups is 1. The Morgan fingerprint density at radius 3 is 2.46 bits per heavy atom. The Bertz CT molecular complexity index is 730. The molecule has 2 aromatic rings. The maximum atomic E-state index is 12.5. The van der Waals surface area contributed by atoms with E-state index in [1.165, 1.54) is 24.2 Å². The molecule has 0 aliphatic carbocycles. The first kappa shape index (κ1) is 17.1. The van der Waals surface area contributed by atoms with E-state index in [2.05, 4.69) is 4.98 Å². The summed E-state index contributed by atoms with van der Waals surface area (Å²) in [6.07, 6.45) is 5.95. The van der Waals surface area contributed by atoms with E-state index in [0.29, 0.717) is 5.82 Å². The molecule has 0 saturated carbocycles. The molecule has 2 rings (SSSR count). The molecule has 3 amide bonds. The zero-order valence-electron chi connectivity index (χ0n) is 13.1. The lowest BCUT2D eigenvalue weighted by Gasteiger charge is -2.23. The number of rotatable bonds is 5. The molecule has 1 radical (unpaired) electrons. The minimum absolute atomic E-state index is 0.373. The summed E-state index contributed by atoms with van der Waals surface area (Å²) < 4.78 is 0. The van der Waals surface area contributed by atoms with Gasteiger partial charge in [-0.3, -0.25) is 19.4 Å². The number of benzene rings is 1. The Balaban J connectivity index is 2.15. The van der Waals surface area contributed by atoms with Gasteiger partial charge in [-0.2, -0.15) is 0 Å². The first-order chi connectivity index (χ1) is 11.6. The van der Waals surface area contributed by atoms with Crippen LogP contribution in [-0.2, 0) is 9.59 Å². The van der Waals surface area contributed by atoms with E-state index in [-0.39, 0.29) is 0 Å². The number of hydrogen-bond donors (Lipinski definition) is 0. The van der Waals surface area contributed by atoms with E-state index >= 15 is 0 Å². The van der Waals surface area contributed by atoms with Crippen LogP contribution >= 0.6 is 0 Å². The number of imide groups is 1. The number of carbonyl (C=O) groups is 2. The topological polar surface area (TPSA) is 70.6 Å². The van der Waals surface area contributed by atoms with Gasteiger partial charge in [0, 0.05) is 19.3 Å². The fourth-order valence-corrected chi connectivity index (χ4v) is 1.96. The van der Waals surface area contributed by atoms with Crippen molar-refractivity contribution in [3.8, 4) is 0 Å². The summed E-state index contributed by atoms with van der Waals surface area (Å²) in [5.41, 5.74) is 0.811. The molecule has 121 valence electrons. The summed E-state index contributed by atoms with van der Waals surface area (Å²) in [5.74, 6) is -0.228. The highest BCUT2D eigenvalue weighted by Crippen LogP contribution is 2.10. The van der Waals surface area contributed by atoms with Gasteiger partial charge in [0.05, 0.1) is 6.54 Å². The second kappa shape index (κ2) is 8.38. The molecule has 0 saturated heterocycles. The Morgan fingerprint density at radius 2 is 1.83 bits per heavy atom. The van der Waals surface area contributed by atoms with Gasteiger partial charge in [-0.1, -0.05) is 36.4 Å². The summed E-state index contributed by atoms with van der Waals surface area (Å²) in [6.45, 7) is -0.450. The van der Waals surface area contributed by atoms with Gasteiger partial charge >= 0.3 is 6.03 Å². The standard InChI is InChI=1S/C18H16N3O3/c1-20(16-9-5-6-12-19-16)18(24)21(13-14-22)17(23)11-10-15-7-3-2-4-8-15/h2-12H,13H2,1H3. The molecule has 1 aromatic carbocycles. The van der Waals surface area contributed by atoms with Gasteiger partial charge in [0.15, 0.2) is 0 Å². The van der Waals surface area contributed by atoms with Crippen LogP contribution in [-0.4, -0.2) is 41.7 Å². The molecule has 0 aliphatic heterocycles. The lowest BCUT2D eigenvalue weighted by molar-refractivity contribution is -0.122. The van der Waals surface area contributed by atoms with Gasteiger partial charge in [0.25, 0.3) is 5.91 Å². The maximum Gasteiger partial charge on any atom is 0.332 e. The van der Waals surface area contributed by atoms with E-state index in [4.69, 9.17) is 0 Å². The van der Waals surface area contributed by atoms with E-state index in [9.17, 15) is 14.4 Å². The van der Waals surface area contributed by atoms with Crippen molar-refractivity contribution in [2.45, 2.75) is 0 Å². The maximum absolute atomic E-state index is 12.5. The Labute approximate surface area is 140 Å². The first-order valence-corrected chi connectivity index (χ1v) is 7.22. The number of anilines is 1. The predicted molar refractivity (Wildman–Crippen MR) is 90.9 cm³/mol. The predicted octanol–water partition coefficient (Wildman–Crippen LogP) is 2.29. The van der Waals surface area contributed by atoms with Crippen molar-refractivity contribution in [1.82, 2.24) is 9.88 Å². The van der Waals surface area contributed by atoms with Crippen molar-refractivity contribution in [2.24, 2.45) is 0 Å². The monoisotopic (exact) mass is 322 g/mol. The zero-order valence-corrected chi connectivity index (χ0v) is 13.1. The number of nitrogens with zero attached hydrogens (tertiary/aromatic N) is 3. The molecule has 0 unspecified atom stereocenters. The van der Waals surface area contributed by atoms with E-state index in [0.717, 1.165) is 10.5 Å². The average molecular weight is 322 g/mol. The summed E-state index contributed by atoms with van der Waals surface area (Å²) in [7, 11) is 1.48. The van der Waals surface area contributed by atoms with Gasteiger partial charge in [0.2, 0.25) is 6.29 Å². The Kier molecular flexibility index (Phi) is 5.96. The smallest absolute Gasteiger partial charge is 0.289 e.